The van der Waals surface area contributed by atoms with Crippen LogP contribution < -0.4 is 14.8 Å². The van der Waals surface area contributed by atoms with E-state index in [-0.39, 0.29) is 0 Å². The first-order valence-electron chi connectivity index (χ1n) is 8.63. The molecule has 0 unspecified atom stereocenters. The minimum Gasteiger partial charge on any atom is -0.493 e. The van der Waals surface area contributed by atoms with Gasteiger partial charge < -0.3 is 14.8 Å². The Kier molecular flexibility index (Phi) is 4.61. The van der Waals surface area contributed by atoms with Crippen molar-refractivity contribution in [2.24, 2.45) is 0 Å². The van der Waals surface area contributed by atoms with E-state index < -0.39 is 0 Å². The maximum Gasteiger partial charge on any atom is 0.161 e. The van der Waals surface area contributed by atoms with E-state index >= 15 is 0 Å². The van der Waals surface area contributed by atoms with Crippen LogP contribution in [0.5, 0.6) is 11.5 Å². The summed E-state index contributed by atoms with van der Waals surface area (Å²) in [5.74, 6) is 2.14. The summed E-state index contributed by atoms with van der Waals surface area (Å²) in [7, 11) is 3.25. The third-order valence-electron chi connectivity index (χ3n) is 4.36. The average Bonchev–Trinajstić information content (AvgIpc) is 3.15. The summed E-state index contributed by atoms with van der Waals surface area (Å²) < 4.78 is 12.6. The molecule has 0 amide bonds. The van der Waals surface area contributed by atoms with Crippen molar-refractivity contribution < 1.29 is 9.47 Å². The summed E-state index contributed by atoms with van der Waals surface area (Å²) in [6, 6.07) is 19.9. The molecule has 2 aromatic carbocycles. The lowest BCUT2D eigenvalue weighted by molar-refractivity contribution is 0.355. The highest BCUT2D eigenvalue weighted by Gasteiger charge is 2.11. The third kappa shape index (κ3) is 3.42. The first kappa shape index (κ1) is 16.9. The molecule has 0 radical (unpaired) electrons. The fraction of sp³-hybridized carbons (Fsp3) is 0.143. The number of fused-ring (bicyclic) bond motifs is 1. The van der Waals surface area contributed by atoms with Crippen LogP contribution in [-0.4, -0.2) is 28.8 Å². The third-order valence-corrected chi connectivity index (χ3v) is 4.36. The zero-order chi connectivity index (χ0) is 18.6. The van der Waals surface area contributed by atoms with Crippen LogP contribution in [0.1, 0.15) is 5.56 Å². The Morgan fingerprint density at radius 3 is 2.52 bits per heavy atom. The number of hydrogen-bond acceptors (Lipinski definition) is 5. The number of anilines is 1. The van der Waals surface area contributed by atoms with E-state index in [2.05, 4.69) is 22.4 Å². The Bertz CT molecular complexity index is 1060. The van der Waals surface area contributed by atoms with Crippen molar-refractivity contribution >= 4 is 11.5 Å². The van der Waals surface area contributed by atoms with E-state index in [0.717, 1.165) is 22.7 Å². The number of nitrogens with one attached hydrogen (secondary N) is 1. The van der Waals surface area contributed by atoms with Crippen LogP contribution in [0.4, 0.5) is 5.82 Å². The van der Waals surface area contributed by atoms with Gasteiger partial charge in [-0.15, -0.1) is 5.10 Å². The monoisotopic (exact) mass is 360 g/mol. The molecule has 0 atom stereocenters. The van der Waals surface area contributed by atoms with Gasteiger partial charge in [-0.1, -0.05) is 30.3 Å². The smallest absolute Gasteiger partial charge is 0.161 e. The van der Waals surface area contributed by atoms with E-state index in [1.807, 2.05) is 59.2 Å². The summed E-state index contributed by atoms with van der Waals surface area (Å²) in [4.78, 5) is 4.45. The number of imidazole rings is 1. The van der Waals surface area contributed by atoms with E-state index in [4.69, 9.17) is 14.6 Å². The molecule has 4 rings (SSSR count). The number of nitrogens with zero attached hydrogens (tertiary/aromatic N) is 3. The quantitative estimate of drug-likeness (QED) is 0.563. The SMILES string of the molecule is COc1ccc(-c2cnc3ccc(NCc4ccccc4)nn23)cc1OC. The Morgan fingerprint density at radius 2 is 1.74 bits per heavy atom. The molecule has 1 N–H and O–H groups in total. The van der Waals surface area contributed by atoms with Gasteiger partial charge in [-0.2, -0.15) is 0 Å². The van der Waals surface area contributed by atoms with Crippen LogP contribution >= 0.6 is 0 Å². The average molecular weight is 360 g/mol. The van der Waals surface area contributed by atoms with Crippen molar-refractivity contribution in [3.63, 3.8) is 0 Å². The second kappa shape index (κ2) is 7.37. The largest absolute Gasteiger partial charge is 0.493 e. The van der Waals surface area contributed by atoms with E-state index in [1.165, 1.54) is 5.56 Å². The summed E-state index contributed by atoms with van der Waals surface area (Å²) in [6.07, 6.45) is 1.81. The number of ether oxygens (including phenoxy) is 2. The van der Waals surface area contributed by atoms with Crippen LogP contribution in [0.2, 0.25) is 0 Å². The van der Waals surface area contributed by atoms with Crippen LogP contribution in [0.25, 0.3) is 16.9 Å². The zero-order valence-electron chi connectivity index (χ0n) is 15.2. The molecule has 0 fully saturated rings. The number of aromatic nitrogens is 3. The van der Waals surface area contributed by atoms with Gasteiger partial charge in [0.2, 0.25) is 0 Å². The van der Waals surface area contributed by atoms with Gasteiger partial charge in [-0.3, -0.25) is 0 Å². The Labute approximate surface area is 157 Å². The fourth-order valence-electron chi connectivity index (χ4n) is 2.95. The fourth-order valence-corrected chi connectivity index (χ4v) is 2.95. The maximum atomic E-state index is 5.41. The van der Waals surface area contributed by atoms with E-state index in [1.54, 1.807) is 14.2 Å². The molecule has 0 bridgehead atoms. The number of methoxy groups -OCH3 is 2. The van der Waals surface area contributed by atoms with Crippen molar-refractivity contribution in [1.82, 2.24) is 14.6 Å². The molecule has 0 aliphatic rings. The van der Waals surface area contributed by atoms with Crippen molar-refractivity contribution in [1.29, 1.82) is 0 Å². The lowest BCUT2D eigenvalue weighted by atomic mass is 10.1. The van der Waals surface area contributed by atoms with Crippen molar-refractivity contribution in [2.45, 2.75) is 6.54 Å². The highest BCUT2D eigenvalue weighted by atomic mass is 16.5. The predicted octanol–water partition coefficient (Wildman–Crippen LogP) is 4.03. The topological polar surface area (TPSA) is 60.7 Å². The first-order valence-corrected chi connectivity index (χ1v) is 8.63. The molecule has 0 saturated carbocycles. The van der Waals surface area contributed by atoms with Gasteiger partial charge in [0.05, 0.1) is 26.1 Å². The van der Waals surface area contributed by atoms with Crippen LogP contribution in [0.15, 0.2) is 66.9 Å². The molecular formula is C21H20N4O2. The van der Waals surface area contributed by atoms with Gasteiger partial charge in [0, 0.05) is 12.1 Å². The van der Waals surface area contributed by atoms with Gasteiger partial charge in [-0.25, -0.2) is 9.50 Å². The van der Waals surface area contributed by atoms with E-state index in [9.17, 15) is 0 Å². The molecule has 4 aromatic rings. The van der Waals surface area contributed by atoms with Crippen LogP contribution in [0.3, 0.4) is 0 Å². The Hall–Kier alpha value is -3.54. The molecule has 136 valence electrons. The molecule has 6 heteroatoms. The highest BCUT2D eigenvalue weighted by Crippen LogP contribution is 2.32. The van der Waals surface area contributed by atoms with Gasteiger partial charge in [0.25, 0.3) is 0 Å². The normalized spacial score (nSPS) is 10.7. The van der Waals surface area contributed by atoms with Crippen molar-refractivity contribution in [3.05, 3.63) is 72.4 Å². The standard InChI is InChI=1S/C21H20N4O2/c1-26-18-9-8-16(12-19(18)27-2)17-14-23-21-11-10-20(24-25(17)21)22-13-15-6-4-3-5-7-15/h3-12,14H,13H2,1-2H3,(H,22,24). The van der Waals surface area contributed by atoms with E-state index in [0.29, 0.717) is 18.0 Å². The molecule has 27 heavy (non-hydrogen) atoms. The minimum atomic E-state index is 0.670. The predicted molar refractivity (Wildman–Crippen MR) is 105 cm³/mol. The molecule has 0 aliphatic heterocycles. The summed E-state index contributed by atoms with van der Waals surface area (Å²) in [6.45, 7) is 0.708. The highest BCUT2D eigenvalue weighted by molar-refractivity contribution is 5.67. The second-order valence-electron chi connectivity index (χ2n) is 6.04. The molecule has 0 spiro atoms. The maximum absolute atomic E-state index is 5.41. The number of benzene rings is 2. The van der Waals surface area contributed by atoms with Crippen molar-refractivity contribution in [3.8, 4) is 22.8 Å². The molecule has 6 nitrogen and oxygen atoms in total. The second-order valence-corrected chi connectivity index (χ2v) is 6.04. The Morgan fingerprint density at radius 1 is 0.926 bits per heavy atom. The first-order chi connectivity index (χ1) is 13.3. The summed E-state index contributed by atoms with van der Waals surface area (Å²) in [5, 5.41) is 8.05. The van der Waals surface area contributed by atoms with Gasteiger partial charge in [-0.05, 0) is 35.9 Å². The molecule has 2 aromatic heterocycles. The summed E-state index contributed by atoms with van der Waals surface area (Å²) in [5.41, 5.74) is 3.82. The van der Waals surface area contributed by atoms with Crippen LogP contribution in [-0.2, 0) is 6.54 Å². The van der Waals surface area contributed by atoms with Gasteiger partial charge >= 0.3 is 0 Å². The molecule has 2 heterocycles. The van der Waals surface area contributed by atoms with Crippen LogP contribution in [0, 0.1) is 0 Å². The number of hydrogen-bond donors (Lipinski definition) is 1. The minimum absolute atomic E-state index is 0.670. The summed E-state index contributed by atoms with van der Waals surface area (Å²) >= 11 is 0. The zero-order valence-corrected chi connectivity index (χ0v) is 15.2. The van der Waals surface area contributed by atoms with Crippen molar-refractivity contribution in [2.75, 3.05) is 19.5 Å². The van der Waals surface area contributed by atoms with Gasteiger partial charge in [0.1, 0.15) is 5.82 Å². The lowest BCUT2D eigenvalue weighted by Gasteiger charge is -2.10. The molecule has 0 aliphatic carbocycles. The van der Waals surface area contributed by atoms with Gasteiger partial charge in [0.15, 0.2) is 17.1 Å². The molecular weight excluding hydrogens is 340 g/mol. The number of rotatable bonds is 6. The lowest BCUT2D eigenvalue weighted by Crippen LogP contribution is -2.04. The molecule has 0 saturated heterocycles. The Balaban J connectivity index is 1.66.